The molecule has 0 aliphatic heterocycles. The molecule has 0 spiro atoms. The highest BCUT2D eigenvalue weighted by atomic mass is 32.2. The molecule has 0 bridgehead atoms. The van der Waals surface area contributed by atoms with Crippen molar-refractivity contribution in [3.05, 3.63) is 90.6 Å². The largest absolute Gasteiger partial charge is 0.497 e. The SMILES string of the molecule is COc1ccc(S(=O)(=O)c2ccc(NC(=O)c3ccccc3)c3ncccc23)cc1. The number of anilines is 1. The third-order valence-electron chi connectivity index (χ3n) is 4.67. The molecule has 150 valence electrons. The topological polar surface area (TPSA) is 85.4 Å². The van der Waals surface area contributed by atoms with Crippen LogP contribution in [0.4, 0.5) is 5.69 Å². The molecule has 7 heteroatoms. The normalized spacial score (nSPS) is 11.2. The molecular formula is C23H18N2O4S. The van der Waals surface area contributed by atoms with Crippen molar-refractivity contribution in [1.29, 1.82) is 0 Å². The van der Waals surface area contributed by atoms with Crippen molar-refractivity contribution < 1.29 is 17.9 Å². The molecule has 1 N–H and O–H groups in total. The van der Waals surface area contributed by atoms with Crippen LogP contribution >= 0.6 is 0 Å². The van der Waals surface area contributed by atoms with Gasteiger partial charge < -0.3 is 10.1 Å². The van der Waals surface area contributed by atoms with E-state index in [1.54, 1.807) is 60.8 Å². The van der Waals surface area contributed by atoms with Gasteiger partial charge in [-0.1, -0.05) is 18.2 Å². The summed E-state index contributed by atoms with van der Waals surface area (Å²) in [6.07, 6.45) is 1.56. The van der Waals surface area contributed by atoms with Gasteiger partial charge in [0.15, 0.2) is 0 Å². The Morgan fingerprint density at radius 2 is 1.63 bits per heavy atom. The number of pyridine rings is 1. The lowest BCUT2D eigenvalue weighted by Crippen LogP contribution is -2.13. The zero-order valence-electron chi connectivity index (χ0n) is 16.1. The number of benzene rings is 3. The third kappa shape index (κ3) is 3.62. The van der Waals surface area contributed by atoms with E-state index in [4.69, 9.17) is 4.74 Å². The molecule has 0 fully saturated rings. The van der Waals surface area contributed by atoms with Crippen LogP contribution in [0.15, 0.2) is 94.9 Å². The quantitative estimate of drug-likeness (QED) is 0.521. The number of nitrogens with zero attached hydrogens (tertiary/aromatic N) is 1. The lowest BCUT2D eigenvalue weighted by atomic mass is 10.1. The number of ether oxygens (including phenoxy) is 1. The molecule has 3 aromatic carbocycles. The smallest absolute Gasteiger partial charge is 0.255 e. The van der Waals surface area contributed by atoms with Gasteiger partial charge in [-0.15, -0.1) is 0 Å². The Labute approximate surface area is 174 Å². The fraction of sp³-hybridized carbons (Fsp3) is 0.0435. The summed E-state index contributed by atoms with van der Waals surface area (Å²) >= 11 is 0. The number of carbonyl (C=O) groups excluding carboxylic acids is 1. The second-order valence-electron chi connectivity index (χ2n) is 6.51. The van der Waals surface area contributed by atoms with Crippen LogP contribution in [-0.4, -0.2) is 26.4 Å². The van der Waals surface area contributed by atoms with Gasteiger partial charge in [-0.25, -0.2) is 8.42 Å². The highest BCUT2D eigenvalue weighted by Crippen LogP contribution is 2.32. The number of aromatic nitrogens is 1. The van der Waals surface area contributed by atoms with E-state index in [1.165, 1.54) is 25.3 Å². The Morgan fingerprint density at radius 1 is 0.900 bits per heavy atom. The Hall–Kier alpha value is -3.71. The van der Waals surface area contributed by atoms with Gasteiger partial charge in [-0.2, -0.15) is 0 Å². The molecule has 4 aromatic rings. The van der Waals surface area contributed by atoms with Crippen molar-refractivity contribution in [2.45, 2.75) is 9.79 Å². The molecule has 0 saturated carbocycles. The van der Waals surface area contributed by atoms with E-state index >= 15 is 0 Å². The van der Waals surface area contributed by atoms with E-state index in [0.717, 1.165) is 0 Å². The predicted octanol–water partition coefficient (Wildman–Crippen LogP) is 4.33. The van der Waals surface area contributed by atoms with E-state index in [1.807, 2.05) is 6.07 Å². The van der Waals surface area contributed by atoms with Gasteiger partial charge in [-0.05, 0) is 60.7 Å². The van der Waals surface area contributed by atoms with Crippen LogP contribution in [0.5, 0.6) is 5.75 Å². The van der Waals surface area contributed by atoms with Crippen LogP contribution in [0.3, 0.4) is 0 Å². The zero-order chi connectivity index (χ0) is 21.1. The van der Waals surface area contributed by atoms with Crippen LogP contribution < -0.4 is 10.1 Å². The van der Waals surface area contributed by atoms with Gasteiger partial charge in [0, 0.05) is 17.1 Å². The van der Waals surface area contributed by atoms with Crippen LogP contribution in [0.25, 0.3) is 10.9 Å². The molecular weight excluding hydrogens is 400 g/mol. The van der Waals surface area contributed by atoms with Crippen molar-refractivity contribution in [1.82, 2.24) is 4.98 Å². The molecule has 0 radical (unpaired) electrons. The summed E-state index contributed by atoms with van der Waals surface area (Å²) in [4.78, 5) is 17.1. The highest BCUT2D eigenvalue weighted by molar-refractivity contribution is 7.91. The summed E-state index contributed by atoms with van der Waals surface area (Å²) in [5.41, 5.74) is 1.33. The first-order valence-electron chi connectivity index (χ1n) is 9.14. The number of carbonyl (C=O) groups is 1. The molecule has 30 heavy (non-hydrogen) atoms. The number of sulfone groups is 1. The maximum atomic E-state index is 13.2. The summed E-state index contributed by atoms with van der Waals surface area (Å²) in [5, 5.41) is 3.25. The summed E-state index contributed by atoms with van der Waals surface area (Å²) in [6.45, 7) is 0. The standard InChI is InChI=1S/C23H18N2O4S/c1-29-17-9-11-18(12-10-17)30(27,28)21-14-13-20(22-19(21)8-5-15-24-22)25-23(26)16-6-3-2-4-7-16/h2-15H,1H3,(H,25,26). The van der Waals surface area contributed by atoms with Crippen LogP contribution in [0.2, 0.25) is 0 Å². The number of nitrogens with one attached hydrogen (secondary N) is 1. The molecule has 0 aliphatic rings. The summed E-state index contributed by atoms with van der Waals surface area (Å²) < 4.78 is 31.6. The number of amides is 1. The first-order valence-corrected chi connectivity index (χ1v) is 10.6. The molecule has 0 aliphatic carbocycles. The number of methoxy groups -OCH3 is 1. The molecule has 0 saturated heterocycles. The molecule has 4 rings (SSSR count). The lowest BCUT2D eigenvalue weighted by Gasteiger charge is -2.12. The second-order valence-corrected chi connectivity index (χ2v) is 8.43. The summed E-state index contributed by atoms with van der Waals surface area (Å²) in [6, 6.07) is 21.4. The Balaban J connectivity index is 1.78. The van der Waals surface area contributed by atoms with Crippen LogP contribution in [0, 0.1) is 0 Å². The Bertz CT molecular complexity index is 1320. The Morgan fingerprint density at radius 3 is 2.33 bits per heavy atom. The van der Waals surface area contributed by atoms with Crippen molar-refractivity contribution in [2.75, 3.05) is 12.4 Å². The van der Waals surface area contributed by atoms with Gasteiger partial charge in [-0.3, -0.25) is 9.78 Å². The van der Waals surface area contributed by atoms with Crippen LogP contribution in [0.1, 0.15) is 10.4 Å². The zero-order valence-corrected chi connectivity index (χ0v) is 16.9. The van der Waals surface area contributed by atoms with E-state index in [9.17, 15) is 13.2 Å². The molecule has 6 nitrogen and oxygen atoms in total. The van der Waals surface area contributed by atoms with Gasteiger partial charge >= 0.3 is 0 Å². The van der Waals surface area contributed by atoms with Crippen LogP contribution in [-0.2, 0) is 9.84 Å². The minimum absolute atomic E-state index is 0.119. The van der Waals surface area contributed by atoms with Gasteiger partial charge in [0.05, 0.1) is 28.1 Å². The second kappa shape index (κ2) is 7.96. The number of hydrogen-bond donors (Lipinski definition) is 1. The first kappa shape index (κ1) is 19.6. The maximum absolute atomic E-state index is 13.2. The average Bonchev–Trinajstić information content (AvgIpc) is 2.79. The minimum Gasteiger partial charge on any atom is -0.497 e. The maximum Gasteiger partial charge on any atom is 0.255 e. The highest BCUT2D eigenvalue weighted by Gasteiger charge is 2.22. The number of fused-ring (bicyclic) bond motifs is 1. The van der Waals surface area contributed by atoms with E-state index < -0.39 is 9.84 Å². The minimum atomic E-state index is -3.80. The summed E-state index contributed by atoms with van der Waals surface area (Å²) in [5.74, 6) is 0.271. The molecule has 1 amide bonds. The van der Waals surface area contributed by atoms with E-state index in [-0.39, 0.29) is 15.7 Å². The van der Waals surface area contributed by atoms with Crippen molar-refractivity contribution >= 4 is 32.3 Å². The average molecular weight is 418 g/mol. The van der Waals surface area contributed by atoms with Gasteiger partial charge in [0.25, 0.3) is 5.91 Å². The molecule has 1 aromatic heterocycles. The van der Waals surface area contributed by atoms with Crippen molar-refractivity contribution in [2.24, 2.45) is 0 Å². The van der Waals surface area contributed by atoms with E-state index in [2.05, 4.69) is 10.3 Å². The van der Waals surface area contributed by atoms with Crippen molar-refractivity contribution in [3.63, 3.8) is 0 Å². The fourth-order valence-corrected chi connectivity index (χ4v) is 4.60. The third-order valence-corrected chi connectivity index (χ3v) is 6.50. The number of rotatable bonds is 5. The fourth-order valence-electron chi connectivity index (χ4n) is 3.15. The summed E-state index contributed by atoms with van der Waals surface area (Å²) in [7, 11) is -2.28. The van der Waals surface area contributed by atoms with Crippen molar-refractivity contribution in [3.8, 4) is 5.75 Å². The first-order chi connectivity index (χ1) is 14.5. The van der Waals surface area contributed by atoms with Gasteiger partial charge in [0.2, 0.25) is 9.84 Å². The molecule has 0 unspecified atom stereocenters. The monoisotopic (exact) mass is 418 g/mol. The molecule has 0 atom stereocenters. The number of hydrogen-bond acceptors (Lipinski definition) is 5. The predicted molar refractivity (Wildman–Crippen MR) is 115 cm³/mol. The lowest BCUT2D eigenvalue weighted by molar-refractivity contribution is 0.102. The Kier molecular flexibility index (Phi) is 5.20. The van der Waals surface area contributed by atoms with E-state index in [0.29, 0.717) is 27.9 Å². The molecule has 1 heterocycles. The van der Waals surface area contributed by atoms with Gasteiger partial charge in [0.1, 0.15) is 5.75 Å².